The first-order valence-corrected chi connectivity index (χ1v) is 7.75. The van der Waals surface area contributed by atoms with Crippen LogP contribution in [0.3, 0.4) is 0 Å². The van der Waals surface area contributed by atoms with Gasteiger partial charge in [-0.3, -0.25) is 25.0 Å². The van der Waals surface area contributed by atoms with Crippen LogP contribution in [0.1, 0.15) is 28.3 Å². The van der Waals surface area contributed by atoms with Crippen LogP contribution in [0.5, 0.6) is 5.75 Å². The van der Waals surface area contributed by atoms with Gasteiger partial charge < -0.3 is 4.74 Å². The number of hydrogen-bond acceptors (Lipinski definition) is 5. The smallest absolute Gasteiger partial charge is 0.261 e. The van der Waals surface area contributed by atoms with Gasteiger partial charge in [0.1, 0.15) is 11.6 Å². The Bertz CT molecular complexity index is 807. The molecule has 1 N–H and O–H groups in total. The second kappa shape index (κ2) is 8.70. The Morgan fingerprint density at radius 3 is 2.46 bits per heavy atom. The van der Waals surface area contributed by atoms with E-state index in [1.807, 2.05) is 0 Å². The zero-order chi connectivity index (χ0) is 19.1. The van der Waals surface area contributed by atoms with Gasteiger partial charge in [-0.15, -0.1) is 0 Å². The Labute approximate surface area is 148 Å². The molecule has 26 heavy (non-hydrogen) atoms. The number of nitrogens with zero attached hydrogens (tertiary/aromatic N) is 1. The van der Waals surface area contributed by atoms with Crippen molar-refractivity contribution in [2.24, 2.45) is 0 Å². The summed E-state index contributed by atoms with van der Waals surface area (Å²) in [6, 6.07) is 11.5. The molecular formula is C18H17FN2O5. The second-order valence-corrected chi connectivity index (χ2v) is 5.55. The molecule has 8 heteroatoms. The van der Waals surface area contributed by atoms with Gasteiger partial charge in [-0.05, 0) is 29.8 Å². The molecule has 2 amide bonds. The highest BCUT2D eigenvalue weighted by Crippen LogP contribution is 2.21. The largest absolute Gasteiger partial charge is 0.496 e. The number of amides is 2. The Morgan fingerprint density at radius 2 is 1.85 bits per heavy atom. The highest BCUT2D eigenvalue weighted by Gasteiger charge is 2.23. The van der Waals surface area contributed by atoms with Crippen LogP contribution in [0.25, 0.3) is 0 Å². The minimum atomic E-state index is -0.781. The molecule has 0 aromatic heterocycles. The predicted octanol–water partition coefficient (Wildman–Crippen LogP) is 2.54. The van der Waals surface area contributed by atoms with Gasteiger partial charge in [0, 0.05) is 11.3 Å². The Hall–Kier alpha value is -3.29. The van der Waals surface area contributed by atoms with E-state index < -0.39 is 35.0 Å². The van der Waals surface area contributed by atoms with Crippen molar-refractivity contribution >= 4 is 11.8 Å². The van der Waals surface area contributed by atoms with Crippen molar-refractivity contribution < 1.29 is 23.6 Å². The van der Waals surface area contributed by atoms with Crippen LogP contribution in [-0.4, -0.2) is 30.4 Å². The third-order valence-corrected chi connectivity index (χ3v) is 3.75. The quantitative estimate of drug-likeness (QED) is 0.604. The third-order valence-electron chi connectivity index (χ3n) is 3.75. The van der Waals surface area contributed by atoms with Crippen LogP contribution < -0.4 is 10.1 Å². The highest BCUT2D eigenvalue weighted by molar-refractivity contribution is 6.06. The van der Waals surface area contributed by atoms with E-state index in [1.165, 1.54) is 37.4 Å². The van der Waals surface area contributed by atoms with Crippen LogP contribution in [-0.2, 0) is 4.79 Å². The molecule has 0 saturated heterocycles. The summed E-state index contributed by atoms with van der Waals surface area (Å²) in [4.78, 5) is 34.7. The van der Waals surface area contributed by atoms with Crippen molar-refractivity contribution in [1.82, 2.24) is 5.32 Å². The normalized spacial score (nSPS) is 11.5. The monoisotopic (exact) mass is 360 g/mol. The molecule has 0 aliphatic carbocycles. The van der Waals surface area contributed by atoms with E-state index in [4.69, 9.17) is 4.74 Å². The fraction of sp³-hybridized carbons (Fsp3) is 0.222. The summed E-state index contributed by atoms with van der Waals surface area (Å²) < 4.78 is 18.1. The van der Waals surface area contributed by atoms with Crippen molar-refractivity contribution in [3.8, 4) is 5.75 Å². The van der Waals surface area contributed by atoms with Crippen molar-refractivity contribution in [3.63, 3.8) is 0 Å². The maximum atomic E-state index is 13.0. The minimum absolute atomic E-state index is 0.177. The Morgan fingerprint density at radius 1 is 1.19 bits per heavy atom. The summed E-state index contributed by atoms with van der Waals surface area (Å²) in [5.41, 5.74) is 0.624. The van der Waals surface area contributed by atoms with Gasteiger partial charge in [-0.25, -0.2) is 4.39 Å². The minimum Gasteiger partial charge on any atom is -0.496 e. The fourth-order valence-corrected chi connectivity index (χ4v) is 2.50. The van der Waals surface area contributed by atoms with Crippen LogP contribution in [0, 0.1) is 15.9 Å². The second-order valence-electron chi connectivity index (χ2n) is 5.55. The van der Waals surface area contributed by atoms with Crippen molar-refractivity contribution in [1.29, 1.82) is 0 Å². The number of imide groups is 1. The van der Waals surface area contributed by atoms with Gasteiger partial charge in [0.05, 0.1) is 18.6 Å². The number of methoxy groups -OCH3 is 1. The maximum Gasteiger partial charge on any atom is 0.261 e. The summed E-state index contributed by atoms with van der Waals surface area (Å²) in [6.07, 6.45) is -0.284. The van der Waals surface area contributed by atoms with E-state index in [2.05, 4.69) is 5.32 Å². The Kier molecular flexibility index (Phi) is 6.37. The number of para-hydroxylation sites is 1. The predicted molar refractivity (Wildman–Crippen MR) is 91.1 cm³/mol. The molecule has 0 aliphatic heterocycles. The molecule has 0 radical (unpaired) electrons. The lowest BCUT2D eigenvalue weighted by Gasteiger charge is -2.13. The third kappa shape index (κ3) is 5.10. The lowest BCUT2D eigenvalue weighted by molar-refractivity contribution is -0.483. The molecule has 7 nitrogen and oxygen atoms in total. The Balaban J connectivity index is 2.10. The lowest BCUT2D eigenvalue weighted by Crippen LogP contribution is -2.32. The van der Waals surface area contributed by atoms with Gasteiger partial charge in [0.25, 0.3) is 5.91 Å². The van der Waals surface area contributed by atoms with Gasteiger partial charge in [-0.2, -0.15) is 0 Å². The van der Waals surface area contributed by atoms with Gasteiger partial charge >= 0.3 is 0 Å². The number of ether oxygens (including phenoxy) is 1. The summed E-state index contributed by atoms with van der Waals surface area (Å²) in [5, 5.41) is 13.1. The van der Waals surface area contributed by atoms with Crippen molar-refractivity contribution in [2.75, 3.05) is 13.7 Å². The number of hydrogen-bond donors (Lipinski definition) is 1. The molecule has 0 fully saturated rings. The number of nitrogens with one attached hydrogen (secondary N) is 1. The summed E-state index contributed by atoms with van der Waals surface area (Å²) in [5.74, 6) is -2.29. The zero-order valence-corrected chi connectivity index (χ0v) is 14.0. The highest BCUT2D eigenvalue weighted by atomic mass is 19.1. The molecule has 0 saturated carbocycles. The van der Waals surface area contributed by atoms with Gasteiger partial charge in [-0.1, -0.05) is 24.3 Å². The number of halogens is 1. The number of nitro groups is 1. The molecule has 1 atom stereocenters. The number of carbonyl (C=O) groups excluding carboxylic acids is 2. The summed E-state index contributed by atoms with van der Waals surface area (Å²) >= 11 is 0. The average molecular weight is 360 g/mol. The van der Waals surface area contributed by atoms with Crippen LogP contribution in [0.15, 0.2) is 48.5 Å². The van der Waals surface area contributed by atoms with E-state index in [0.717, 1.165) is 0 Å². The topological polar surface area (TPSA) is 98.5 Å². The lowest BCUT2D eigenvalue weighted by atomic mass is 9.95. The molecule has 0 spiro atoms. The molecule has 2 aromatic carbocycles. The summed E-state index contributed by atoms with van der Waals surface area (Å²) in [7, 11) is 1.40. The molecule has 2 aromatic rings. The SMILES string of the molecule is COc1ccccc1C(=O)NC(=O)C[C@H](C[N+](=O)[O-])c1ccc(F)cc1. The van der Waals surface area contributed by atoms with E-state index in [1.54, 1.807) is 18.2 Å². The number of rotatable bonds is 7. The van der Waals surface area contributed by atoms with E-state index in [-0.39, 0.29) is 12.0 Å². The standard InChI is InChI=1S/C18H17FN2O5/c1-26-16-5-3-2-4-15(16)18(23)20-17(22)10-13(11-21(24)25)12-6-8-14(19)9-7-12/h2-9,13H,10-11H2,1H3,(H,20,22,23)/t13-/m1/s1. The molecule has 0 aliphatic rings. The van der Waals surface area contributed by atoms with E-state index >= 15 is 0 Å². The summed E-state index contributed by atoms with van der Waals surface area (Å²) in [6.45, 7) is -0.512. The molecule has 2 rings (SSSR count). The van der Waals surface area contributed by atoms with Crippen LogP contribution >= 0.6 is 0 Å². The van der Waals surface area contributed by atoms with Crippen LogP contribution in [0.4, 0.5) is 4.39 Å². The molecular weight excluding hydrogens is 343 g/mol. The molecule has 136 valence electrons. The van der Waals surface area contributed by atoms with E-state index in [9.17, 15) is 24.1 Å². The van der Waals surface area contributed by atoms with Crippen molar-refractivity contribution in [2.45, 2.75) is 12.3 Å². The number of benzene rings is 2. The van der Waals surface area contributed by atoms with Crippen molar-refractivity contribution in [3.05, 3.63) is 75.6 Å². The maximum absolute atomic E-state index is 13.0. The molecule has 0 heterocycles. The first kappa shape index (κ1) is 19.0. The van der Waals surface area contributed by atoms with Gasteiger partial charge in [0.2, 0.25) is 12.5 Å². The average Bonchev–Trinajstić information content (AvgIpc) is 2.61. The number of carbonyl (C=O) groups is 2. The van der Waals surface area contributed by atoms with Gasteiger partial charge in [0.15, 0.2) is 0 Å². The first-order valence-electron chi connectivity index (χ1n) is 7.75. The van der Waals surface area contributed by atoms with E-state index in [0.29, 0.717) is 11.3 Å². The molecule has 0 unspecified atom stereocenters. The fourth-order valence-electron chi connectivity index (χ4n) is 2.50. The first-order chi connectivity index (χ1) is 12.4. The zero-order valence-electron chi connectivity index (χ0n) is 14.0. The van der Waals surface area contributed by atoms with Crippen LogP contribution in [0.2, 0.25) is 0 Å². The molecule has 0 bridgehead atoms.